The summed E-state index contributed by atoms with van der Waals surface area (Å²) in [6, 6.07) is 0. The van der Waals surface area contributed by atoms with E-state index in [0.29, 0.717) is 19.5 Å². The Morgan fingerprint density at radius 2 is 1.78 bits per heavy atom. The van der Waals surface area contributed by atoms with Gasteiger partial charge in [-0.2, -0.15) is 0 Å². The highest BCUT2D eigenvalue weighted by atomic mass is 32.2. The number of hydrogen-bond acceptors (Lipinski definition) is 4. The molecule has 0 aliphatic carbocycles. The van der Waals surface area contributed by atoms with Crippen molar-refractivity contribution in [2.45, 2.75) is 27.2 Å². The smallest absolute Gasteiger partial charge is 0.217 e. The molecule has 0 atom stereocenters. The fourth-order valence-electron chi connectivity index (χ4n) is 2.01. The van der Waals surface area contributed by atoms with Crippen molar-refractivity contribution in [3.63, 3.8) is 0 Å². The number of carbonyl (C=O) groups is 1. The summed E-state index contributed by atoms with van der Waals surface area (Å²) in [6.45, 7) is 9.22. The number of quaternary nitrogens is 1. The quantitative estimate of drug-likeness (QED) is 0.472. The van der Waals surface area contributed by atoms with Crippen LogP contribution in [-0.2, 0) is 14.9 Å². The Kier molecular flexibility index (Phi) is 7.42. The molecule has 0 bridgehead atoms. The molecule has 6 nitrogen and oxygen atoms in total. The molecule has 0 spiro atoms. The Hall–Kier alpha value is -0.660. The van der Waals surface area contributed by atoms with E-state index in [2.05, 4.69) is 5.32 Å². The molecule has 0 saturated carbocycles. The predicted molar refractivity (Wildman–Crippen MR) is 68.9 cm³/mol. The van der Waals surface area contributed by atoms with Gasteiger partial charge in [0, 0.05) is 19.1 Å². The van der Waals surface area contributed by atoms with Crippen molar-refractivity contribution in [2.75, 3.05) is 38.5 Å². The van der Waals surface area contributed by atoms with Crippen LogP contribution in [0.15, 0.2) is 0 Å². The fraction of sp³-hybridized carbons (Fsp3) is 0.909. The average molecular weight is 280 g/mol. The van der Waals surface area contributed by atoms with Gasteiger partial charge in [-0.25, -0.2) is 8.42 Å². The van der Waals surface area contributed by atoms with Gasteiger partial charge in [-0.15, -0.1) is 0 Å². The molecule has 0 aromatic heterocycles. The minimum Gasteiger partial charge on any atom is -0.748 e. The highest BCUT2D eigenvalue weighted by molar-refractivity contribution is 7.85. The fourth-order valence-corrected chi connectivity index (χ4v) is 2.50. The van der Waals surface area contributed by atoms with Crippen molar-refractivity contribution in [3.8, 4) is 0 Å². The van der Waals surface area contributed by atoms with Gasteiger partial charge in [-0.3, -0.25) is 4.79 Å². The molecule has 0 unspecified atom stereocenters. The molecule has 0 rings (SSSR count). The third kappa shape index (κ3) is 7.62. The summed E-state index contributed by atoms with van der Waals surface area (Å²) in [6.07, 6.45) is 0.369. The Bertz CT molecular complexity index is 350. The molecule has 0 aromatic carbocycles. The van der Waals surface area contributed by atoms with Crippen LogP contribution in [0.4, 0.5) is 0 Å². The standard InChI is InChI=1S/C11H24N2O4S/c1-4-13(5-2,9-7-12-11(3)14)8-6-10-18(15,16)17/h4-10H2,1-3H3,(H-,12,14,15,16,17). The second-order valence-corrected chi connectivity index (χ2v) is 6.04. The van der Waals surface area contributed by atoms with E-state index in [4.69, 9.17) is 0 Å². The molecular formula is C11H24N2O4S. The minimum absolute atomic E-state index is 0.0672. The lowest BCUT2D eigenvalue weighted by molar-refractivity contribution is -0.923. The zero-order valence-electron chi connectivity index (χ0n) is 11.4. The van der Waals surface area contributed by atoms with Crippen LogP contribution in [-0.4, -0.2) is 61.8 Å². The van der Waals surface area contributed by atoms with Crippen molar-refractivity contribution in [2.24, 2.45) is 0 Å². The van der Waals surface area contributed by atoms with Crippen molar-refractivity contribution < 1.29 is 22.2 Å². The summed E-state index contributed by atoms with van der Waals surface area (Å²) in [5.74, 6) is -0.380. The van der Waals surface area contributed by atoms with Crippen LogP contribution in [0.2, 0.25) is 0 Å². The van der Waals surface area contributed by atoms with Crippen LogP contribution >= 0.6 is 0 Å². The lowest BCUT2D eigenvalue weighted by Gasteiger charge is -2.37. The number of nitrogens with one attached hydrogen (secondary N) is 1. The number of amides is 1. The average Bonchev–Trinajstić information content (AvgIpc) is 2.25. The summed E-state index contributed by atoms with van der Waals surface area (Å²) in [5.41, 5.74) is 0. The first-order valence-electron chi connectivity index (χ1n) is 6.28. The molecule has 0 aliphatic rings. The van der Waals surface area contributed by atoms with Crippen molar-refractivity contribution in [1.82, 2.24) is 5.32 Å². The maximum atomic E-state index is 10.8. The highest BCUT2D eigenvalue weighted by Crippen LogP contribution is 2.08. The van der Waals surface area contributed by atoms with Gasteiger partial charge in [0.25, 0.3) is 0 Å². The molecule has 0 aliphatic heterocycles. The first kappa shape index (κ1) is 17.3. The van der Waals surface area contributed by atoms with Crippen LogP contribution in [0.25, 0.3) is 0 Å². The Labute approximate surface area is 110 Å². The third-order valence-corrected chi connectivity index (χ3v) is 4.12. The van der Waals surface area contributed by atoms with E-state index in [9.17, 15) is 17.8 Å². The van der Waals surface area contributed by atoms with E-state index < -0.39 is 10.1 Å². The van der Waals surface area contributed by atoms with Gasteiger partial charge in [0.15, 0.2) is 0 Å². The van der Waals surface area contributed by atoms with E-state index >= 15 is 0 Å². The molecule has 0 heterocycles. The molecule has 18 heavy (non-hydrogen) atoms. The number of carbonyl (C=O) groups excluding carboxylic acids is 1. The van der Waals surface area contributed by atoms with Crippen LogP contribution in [0.3, 0.4) is 0 Å². The maximum absolute atomic E-state index is 10.8. The van der Waals surface area contributed by atoms with E-state index in [1.54, 1.807) is 0 Å². The number of nitrogens with zero attached hydrogens (tertiary/aromatic N) is 1. The normalized spacial score (nSPS) is 12.4. The number of likely N-dealkylation sites (N-methyl/N-ethyl adjacent to an activating group) is 1. The molecule has 1 amide bonds. The molecule has 0 saturated heterocycles. The number of hydrogen-bond donors (Lipinski definition) is 1. The summed E-state index contributed by atoms with van der Waals surface area (Å²) in [4.78, 5) is 10.8. The SMILES string of the molecule is CC[N+](CC)(CCCS(=O)(=O)[O-])CCNC(C)=O. The van der Waals surface area contributed by atoms with Gasteiger partial charge in [0.1, 0.15) is 0 Å². The lowest BCUT2D eigenvalue weighted by atomic mass is 10.3. The molecule has 7 heteroatoms. The predicted octanol–water partition coefficient (Wildman–Crippen LogP) is -0.0856. The molecule has 0 aromatic rings. The monoisotopic (exact) mass is 280 g/mol. The van der Waals surface area contributed by atoms with Crippen LogP contribution < -0.4 is 5.32 Å². The first-order chi connectivity index (χ1) is 8.24. The van der Waals surface area contributed by atoms with Crippen LogP contribution in [0.5, 0.6) is 0 Å². The van der Waals surface area contributed by atoms with Gasteiger partial charge in [-0.1, -0.05) is 0 Å². The van der Waals surface area contributed by atoms with Gasteiger partial charge in [0.2, 0.25) is 5.91 Å². The molecule has 0 fully saturated rings. The van der Waals surface area contributed by atoms with E-state index in [1.165, 1.54) is 6.92 Å². The van der Waals surface area contributed by atoms with E-state index in [1.807, 2.05) is 13.8 Å². The largest absolute Gasteiger partial charge is 0.748 e. The van der Waals surface area contributed by atoms with Gasteiger partial charge < -0.3 is 14.4 Å². The van der Waals surface area contributed by atoms with Crippen molar-refractivity contribution in [3.05, 3.63) is 0 Å². The summed E-state index contributed by atoms with van der Waals surface area (Å²) >= 11 is 0. The Balaban J connectivity index is 4.28. The van der Waals surface area contributed by atoms with E-state index in [-0.39, 0.29) is 11.7 Å². The summed E-state index contributed by atoms with van der Waals surface area (Å²) in [7, 11) is -4.13. The zero-order valence-corrected chi connectivity index (χ0v) is 12.3. The van der Waals surface area contributed by atoms with Crippen molar-refractivity contribution >= 4 is 16.0 Å². The minimum atomic E-state index is -4.13. The molecular weight excluding hydrogens is 256 g/mol. The van der Waals surface area contributed by atoms with E-state index in [0.717, 1.165) is 24.1 Å². The Morgan fingerprint density at radius 3 is 2.17 bits per heavy atom. The van der Waals surface area contributed by atoms with Crippen LogP contribution in [0, 0.1) is 0 Å². The summed E-state index contributed by atoms with van der Waals surface area (Å²) in [5, 5.41) is 2.74. The second kappa shape index (κ2) is 7.70. The summed E-state index contributed by atoms with van der Waals surface area (Å²) < 4.78 is 32.5. The first-order valence-corrected chi connectivity index (χ1v) is 7.85. The van der Waals surface area contributed by atoms with Gasteiger partial charge in [0.05, 0.1) is 42.8 Å². The third-order valence-electron chi connectivity index (χ3n) is 3.33. The van der Waals surface area contributed by atoms with Crippen LogP contribution in [0.1, 0.15) is 27.2 Å². The highest BCUT2D eigenvalue weighted by Gasteiger charge is 2.22. The Morgan fingerprint density at radius 1 is 1.22 bits per heavy atom. The number of rotatable bonds is 9. The van der Waals surface area contributed by atoms with Crippen molar-refractivity contribution in [1.29, 1.82) is 0 Å². The lowest BCUT2D eigenvalue weighted by Crippen LogP contribution is -2.52. The topological polar surface area (TPSA) is 86.3 Å². The van der Waals surface area contributed by atoms with Gasteiger partial charge >= 0.3 is 0 Å². The van der Waals surface area contributed by atoms with Gasteiger partial charge in [-0.05, 0) is 13.8 Å². The second-order valence-electron chi connectivity index (χ2n) is 4.52. The molecule has 108 valence electrons. The molecule has 0 radical (unpaired) electrons. The maximum Gasteiger partial charge on any atom is 0.217 e. The molecule has 1 N–H and O–H groups in total. The zero-order chi connectivity index (χ0) is 14.2.